The monoisotopic (exact) mass is 280 g/mol. The normalized spacial score (nSPS) is 10.4. The van der Waals surface area contributed by atoms with Crippen LogP contribution in [0.15, 0.2) is 34.2 Å². The second-order valence-corrected chi connectivity index (χ2v) is 5.19. The summed E-state index contributed by atoms with van der Waals surface area (Å²) < 4.78 is 5.18. The zero-order valence-electron chi connectivity index (χ0n) is 10.4. The van der Waals surface area contributed by atoms with Crippen LogP contribution in [0.4, 0.5) is 0 Å². The maximum Gasteiger partial charge on any atom is 0.161 e. The lowest BCUT2D eigenvalue weighted by molar-refractivity contribution is 0.413. The number of hydrogen-bond acceptors (Lipinski definition) is 4. The predicted octanol–water partition coefficient (Wildman–Crippen LogP) is 3.91. The van der Waals surface area contributed by atoms with Crippen LogP contribution in [-0.4, -0.2) is 17.1 Å². The van der Waals surface area contributed by atoms with Gasteiger partial charge in [0, 0.05) is 4.90 Å². The van der Waals surface area contributed by atoms with Gasteiger partial charge >= 0.3 is 0 Å². The van der Waals surface area contributed by atoms with Gasteiger partial charge in [0.1, 0.15) is 10.8 Å². The van der Waals surface area contributed by atoms with Crippen molar-refractivity contribution in [3.8, 4) is 5.75 Å². The summed E-state index contributed by atoms with van der Waals surface area (Å²) in [6.45, 7) is 3.82. The van der Waals surface area contributed by atoms with Crippen LogP contribution in [0.3, 0.4) is 0 Å². The molecular weight excluding hydrogens is 268 g/mol. The third-order valence-electron chi connectivity index (χ3n) is 2.49. The number of halogens is 1. The Morgan fingerprint density at radius 1 is 1.17 bits per heavy atom. The van der Waals surface area contributed by atoms with E-state index in [2.05, 4.69) is 9.97 Å². The van der Waals surface area contributed by atoms with Crippen molar-refractivity contribution in [2.75, 3.05) is 7.11 Å². The molecule has 0 aliphatic carbocycles. The Morgan fingerprint density at radius 2 is 1.89 bits per heavy atom. The zero-order chi connectivity index (χ0) is 13.1. The SMILES string of the molecule is COc1cccc(Sc2nc(C)c(C)nc2Cl)c1. The van der Waals surface area contributed by atoms with E-state index in [4.69, 9.17) is 16.3 Å². The van der Waals surface area contributed by atoms with E-state index in [1.165, 1.54) is 11.8 Å². The van der Waals surface area contributed by atoms with E-state index in [0.29, 0.717) is 10.2 Å². The third kappa shape index (κ3) is 2.94. The Labute approximate surface area is 116 Å². The molecule has 0 spiro atoms. The number of aryl methyl sites for hydroxylation is 2. The highest BCUT2D eigenvalue weighted by Gasteiger charge is 2.09. The molecular formula is C13H13ClN2OS. The molecule has 1 heterocycles. The van der Waals surface area contributed by atoms with Crippen LogP contribution in [0, 0.1) is 13.8 Å². The van der Waals surface area contributed by atoms with Gasteiger partial charge in [-0.3, -0.25) is 0 Å². The fraction of sp³-hybridized carbons (Fsp3) is 0.231. The summed E-state index contributed by atoms with van der Waals surface area (Å²) in [5.41, 5.74) is 1.75. The highest BCUT2D eigenvalue weighted by atomic mass is 35.5. The molecule has 3 nitrogen and oxygen atoms in total. The number of hydrogen-bond donors (Lipinski definition) is 0. The summed E-state index contributed by atoms with van der Waals surface area (Å²) in [5.74, 6) is 0.813. The molecule has 0 saturated carbocycles. The van der Waals surface area contributed by atoms with E-state index in [9.17, 15) is 0 Å². The molecule has 2 aromatic rings. The van der Waals surface area contributed by atoms with Crippen molar-refractivity contribution in [1.82, 2.24) is 9.97 Å². The number of nitrogens with zero attached hydrogens (tertiary/aromatic N) is 2. The average Bonchev–Trinajstić information content (AvgIpc) is 2.36. The van der Waals surface area contributed by atoms with E-state index >= 15 is 0 Å². The van der Waals surface area contributed by atoms with Crippen molar-refractivity contribution in [2.24, 2.45) is 0 Å². The molecule has 94 valence electrons. The van der Waals surface area contributed by atoms with E-state index in [1.807, 2.05) is 38.1 Å². The van der Waals surface area contributed by atoms with E-state index in [1.54, 1.807) is 7.11 Å². The number of aromatic nitrogens is 2. The lowest BCUT2D eigenvalue weighted by Crippen LogP contribution is -1.95. The quantitative estimate of drug-likeness (QED) is 0.854. The molecule has 0 amide bonds. The lowest BCUT2D eigenvalue weighted by atomic mass is 10.3. The van der Waals surface area contributed by atoms with E-state index in [0.717, 1.165) is 22.0 Å². The molecule has 1 aromatic carbocycles. The number of rotatable bonds is 3. The van der Waals surface area contributed by atoms with Crippen molar-refractivity contribution in [3.05, 3.63) is 40.8 Å². The molecule has 2 rings (SSSR count). The largest absolute Gasteiger partial charge is 0.497 e. The fourth-order valence-corrected chi connectivity index (χ4v) is 2.54. The van der Waals surface area contributed by atoms with E-state index < -0.39 is 0 Å². The Bertz CT molecular complexity index is 575. The Morgan fingerprint density at radius 3 is 2.61 bits per heavy atom. The van der Waals surface area contributed by atoms with Crippen molar-refractivity contribution in [3.63, 3.8) is 0 Å². The fourth-order valence-electron chi connectivity index (χ4n) is 1.40. The van der Waals surface area contributed by atoms with Gasteiger partial charge in [-0.05, 0) is 32.0 Å². The maximum absolute atomic E-state index is 6.10. The summed E-state index contributed by atoms with van der Waals surface area (Å²) in [6.07, 6.45) is 0. The number of methoxy groups -OCH3 is 1. The predicted molar refractivity (Wildman–Crippen MR) is 73.6 cm³/mol. The van der Waals surface area contributed by atoms with Crippen LogP contribution >= 0.6 is 23.4 Å². The number of ether oxygens (including phenoxy) is 1. The summed E-state index contributed by atoms with van der Waals surface area (Å²) in [6, 6.07) is 7.76. The first-order valence-electron chi connectivity index (χ1n) is 5.43. The van der Waals surface area contributed by atoms with Crippen LogP contribution in [0.25, 0.3) is 0 Å². The van der Waals surface area contributed by atoms with Crippen LogP contribution < -0.4 is 4.74 Å². The maximum atomic E-state index is 6.10. The standard InChI is InChI=1S/C13H13ClN2OS/c1-8-9(2)16-13(12(14)15-8)18-11-6-4-5-10(7-11)17-3/h4-7H,1-3H3. The van der Waals surface area contributed by atoms with Crippen LogP contribution in [0.5, 0.6) is 5.75 Å². The second-order valence-electron chi connectivity index (χ2n) is 3.77. The van der Waals surface area contributed by atoms with Gasteiger partial charge in [-0.15, -0.1) is 0 Å². The van der Waals surface area contributed by atoms with Crippen LogP contribution in [-0.2, 0) is 0 Å². The molecule has 0 saturated heterocycles. The Balaban J connectivity index is 2.30. The highest BCUT2D eigenvalue weighted by molar-refractivity contribution is 7.99. The molecule has 0 fully saturated rings. The first-order chi connectivity index (χ1) is 8.60. The van der Waals surface area contributed by atoms with Crippen molar-refractivity contribution in [1.29, 1.82) is 0 Å². The van der Waals surface area contributed by atoms with Crippen molar-refractivity contribution in [2.45, 2.75) is 23.8 Å². The minimum atomic E-state index is 0.436. The van der Waals surface area contributed by atoms with Crippen molar-refractivity contribution >= 4 is 23.4 Å². The molecule has 0 radical (unpaired) electrons. The molecule has 0 unspecified atom stereocenters. The Hall–Kier alpha value is -1.26. The smallest absolute Gasteiger partial charge is 0.161 e. The highest BCUT2D eigenvalue weighted by Crippen LogP contribution is 2.32. The van der Waals surface area contributed by atoms with Gasteiger partial charge in [0.05, 0.1) is 18.5 Å². The van der Waals surface area contributed by atoms with Gasteiger partial charge in [-0.1, -0.05) is 29.4 Å². The Kier molecular flexibility index (Phi) is 4.09. The second kappa shape index (κ2) is 5.59. The summed E-state index contributed by atoms with van der Waals surface area (Å²) in [5, 5.41) is 1.15. The zero-order valence-corrected chi connectivity index (χ0v) is 12.0. The lowest BCUT2D eigenvalue weighted by Gasteiger charge is -2.07. The molecule has 5 heteroatoms. The molecule has 0 aliphatic rings. The topological polar surface area (TPSA) is 35.0 Å². The minimum Gasteiger partial charge on any atom is -0.497 e. The van der Waals surface area contributed by atoms with Crippen LogP contribution in [0.1, 0.15) is 11.4 Å². The molecule has 0 bridgehead atoms. The van der Waals surface area contributed by atoms with Gasteiger partial charge in [0.25, 0.3) is 0 Å². The molecule has 1 aromatic heterocycles. The van der Waals surface area contributed by atoms with Gasteiger partial charge in [-0.2, -0.15) is 0 Å². The third-order valence-corrected chi connectivity index (χ3v) is 3.83. The first kappa shape index (κ1) is 13.2. The van der Waals surface area contributed by atoms with Gasteiger partial charge in [0.2, 0.25) is 0 Å². The van der Waals surface area contributed by atoms with Crippen LogP contribution in [0.2, 0.25) is 5.15 Å². The van der Waals surface area contributed by atoms with Gasteiger partial charge in [-0.25, -0.2) is 9.97 Å². The molecule has 0 N–H and O–H groups in total. The van der Waals surface area contributed by atoms with E-state index in [-0.39, 0.29) is 0 Å². The summed E-state index contributed by atoms with van der Waals surface area (Å²) in [4.78, 5) is 9.74. The summed E-state index contributed by atoms with van der Waals surface area (Å²) >= 11 is 7.58. The minimum absolute atomic E-state index is 0.436. The van der Waals surface area contributed by atoms with Crippen molar-refractivity contribution < 1.29 is 4.74 Å². The molecule has 18 heavy (non-hydrogen) atoms. The molecule has 0 atom stereocenters. The first-order valence-corrected chi connectivity index (χ1v) is 6.62. The summed E-state index contributed by atoms with van der Waals surface area (Å²) in [7, 11) is 1.65. The molecule has 0 aliphatic heterocycles. The average molecular weight is 281 g/mol. The number of benzene rings is 1. The van der Waals surface area contributed by atoms with Gasteiger partial charge < -0.3 is 4.74 Å². The van der Waals surface area contributed by atoms with Gasteiger partial charge in [0.15, 0.2) is 5.15 Å².